The van der Waals surface area contributed by atoms with Crippen LogP contribution in [0.4, 0.5) is 10.1 Å². The van der Waals surface area contributed by atoms with Crippen molar-refractivity contribution in [2.75, 3.05) is 18.5 Å². The molecule has 1 heterocycles. The van der Waals surface area contributed by atoms with Crippen LogP contribution in [0.5, 0.6) is 23.4 Å². The molecule has 29 heavy (non-hydrogen) atoms. The largest absolute Gasteiger partial charge is 0.476 e. The Hall–Kier alpha value is -3.68. The number of nitrogens with one attached hydrogen (secondary N) is 1. The number of ether oxygens (including phenoxy) is 3. The van der Waals surface area contributed by atoms with E-state index in [4.69, 9.17) is 14.2 Å². The second-order valence-electron chi connectivity index (χ2n) is 5.78. The summed E-state index contributed by atoms with van der Waals surface area (Å²) in [5.41, 5.74) is 0.686. The Balaban J connectivity index is 1.76. The van der Waals surface area contributed by atoms with Gasteiger partial charge in [-0.1, -0.05) is 6.07 Å². The molecule has 7 nitrogen and oxygen atoms in total. The molecule has 150 valence electrons. The highest BCUT2D eigenvalue weighted by Gasteiger charge is 2.14. The SMILES string of the molecule is CCOc1ncc(NC(=O)c2cccc(Oc3ccc(F)cc3)c2)c(OCC)n1. The van der Waals surface area contributed by atoms with Crippen molar-refractivity contribution in [1.29, 1.82) is 0 Å². The summed E-state index contributed by atoms with van der Waals surface area (Å²) in [6.07, 6.45) is 1.43. The molecule has 2 aromatic carbocycles. The normalized spacial score (nSPS) is 10.3. The van der Waals surface area contributed by atoms with Gasteiger partial charge in [0.1, 0.15) is 23.0 Å². The molecule has 0 bridgehead atoms. The third-order valence-corrected chi connectivity index (χ3v) is 3.68. The van der Waals surface area contributed by atoms with E-state index < -0.39 is 0 Å². The van der Waals surface area contributed by atoms with Crippen LogP contribution in [0.2, 0.25) is 0 Å². The van der Waals surface area contributed by atoms with Gasteiger partial charge in [-0.25, -0.2) is 9.37 Å². The van der Waals surface area contributed by atoms with Crippen molar-refractivity contribution >= 4 is 11.6 Å². The summed E-state index contributed by atoms with van der Waals surface area (Å²) in [5, 5.41) is 2.73. The first-order valence-electron chi connectivity index (χ1n) is 9.06. The maximum atomic E-state index is 13.0. The first kappa shape index (κ1) is 20.1. The first-order valence-corrected chi connectivity index (χ1v) is 9.06. The fraction of sp³-hybridized carbons (Fsp3) is 0.190. The molecule has 0 atom stereocenters. The molecule has 1 N–H and O–H groups in total. The Kier molecular flexibility index (Phi) is 6.57. The summed E-state index contributed by atoms with van der Waals surface area (Å²) >= 11 is 0. The van der Waals surface area contributed by atoms with Gasteiger partial charge in [0.15, 0.2) is 0 Å². The Bertz CT molecular complexity index is 980. The monoisotopic (exact) mass is 397 g/mol. The van der Waals surface area contributed by atoms with E-state index in [1.165, 1.54) is 30.5 Å². The number of halogens is 1. The molecule has 3 aromatic rings. The van der Waals surface area contributed by atoms with Crippen molar-refractivity contribution in [1.82, 2.24) is 9.97 Å². The molecule has 0 saturated heterocycles. The molecule has 0 saturated carbocycles. The molecule has 0 radical (unpaired) electrons. The van der Waals surface area contributed by atoms with Crippen LogP contribution in [0.1, 0.15) is 24.2 Å². The minimum absolute atomic E-state index is 0.170. The summed E-state index contributed by atoms with van der Waals surface area (Å²) in [5.74, 6) is 0.383. The smallest absolute Gasteiger partial charge is 0.319 e. The van der Waals surface area contributed by atoms with Crippen molar-refractivity contribution in [2.45, 2.75) is 13.8 Å². The van der Waals surface area contributed by atoms with Gasteiger partial charge in [-0.2, -0.15) is 4.98 Å². The standard InChI is InChI=1S/C21H20FN3O4/c1-3-27-20-18(13-23-21(25-20)28-4-2)24-19(26)14-6-5-7-17(12-14)29-16-10-8-15(22)9-11-16/h5-13H,3-4H2,1-2H3,(H,24,26). The van der Waals surface area contributed by atoms with Gasteiger partial charge in [-0.15, -0.1) is 0 Å². The predicted octanol–water partition coefficient (Wildman–Crippen LogP) is 4.46. The van der Waals surface area contributed by atoms with E-state index >= 15 is 0 Å². The van der Waals surface area contributed by atoms with Crippen molar-refractivity contribution in [2.24, 2.45) is 0 Å². The molecule has 0 unspecified atom stereocenters. The van der Waals surface area contributed by atoms with Crippen LogP contribution in [-0.4, -0.2) is 29.1 Å². The predicted molar refractivity (Wildman–Crippen MR) is 105 cm³/mol. The molecule has 3 rings (SSSR count). The second-order valence-corrected chi connectivity index (χ2v) is 5.78. The van der Waals surface area contributed by atoms with Crippen LogP contribution in [-0.2, 0) is 0 Å². The fourth-order valence-electron chi connectivity index (χ4n) is 2.42. The number of benzene rings is 2. The molecule has 0 aliphatic heterocycles. The average molecular weight is 397 g/mol. The van der Waals surface area contributed by atoms with E-state index in [1.54, 1.807) is 24.3 Å². The molecule has 1 aromatic heterocycles. The van der Waals surface area contributed by atoms with Crippen molar-refractivity contribution in [3.8, 4) is 23.4 Å². The molecule has 8 heteroatoms. The molecule has 0 spiro atoms. The highest BCUT2D eigenvalue weighted by molar-refractivity contribution is 6.05. The lowest BCUT2D eigenvalue weighted by atomic mass is 10.2. The number of carbonyl (C=O) groups is 1. The number of aromatic nitrogens is 2. The van der Waals surface area contributed by atoms with Gasteiger partial charge < -0.3 is 19.5 Å². The molecular weight excluding hydrogens is 377 g/mol. The van der Waals surface area contributed by atoms with Gasteiger partial charge in [-0.3, -0.25) is 4.79 Å². The summed E-state index contributed by atoms with van der Waals surface area (Å²) in [6, 6.07) is 12.4. The van der Waals surface area contributed by atoms with E-state index in [1.807, 2.05) is 13.8 Å². The maximum absolute atomic E-state index is 13.0. The summed E-state index contributed by atoms with van der Waals surface area (Å²) in [7, 11) is 0. The van der Waals surface area contributed by atoms with E-state index in [0.29, 0.717) is 36.0 Å². The number of hydrogen-bond acceptors (Lipinski definition) is 6. The van der Waals surface area contributed by atoms with Crippen LogP contribution < -0.4 is 19.5 Å². The highest BCUT2D eigenvalue weighted by atomic mass is 19.1. The minimum atomic E-state index is -0.386. The minimum Gasteiger partial charge on any atom is -0.476 e. The zero-order valence-electron chi connectivity index (χ0n) is 16.0. The van der Waals surface area contributed by atoms with E-state index in [-0.39, 0.29) is 23.6 Å². The lowest BCUT2D eigenvalue weighted by Gasteiger charge is -2.12. The van der Waals surface area contributed by atoms with Crippen LogP contribution in [0, 0.1) is 5.82 Å². The van der Waals surface area contributed by atoms with Crippen molar-refractivity contribution in [3.05, 3.63) is 66.1 Å². The zero-order chi connectivity index (χ0) is 20.6. The Morgan fingerprint density at radius 1 is 1.03 bits per heavy atom. The molecule has 0 fully saturated rings. The number of anilines is 1. The van der Waals surface area contributed by atoms with Gasteiger partial charge in [-0.05, 0) is 56.3 Å². The quantitative estimate of drug-likeness (QED) is 0.604. The van der Waals surface area contributed by atoms with E-state index in [0.717, 1.165) is 0 Å². The average Bonchev–Trinajstić information content (AvgIpc) is 2.72. The molecule has 0 aliphatic rings. The Morgan fingerprint density at radius 2 is 1.79 bits per heavy atom. The lowest BCUT2D eigenvalue weighted by molar-refractivity contribution is 0.102. The Labute approximate surface area is 167 Å². The Morgan fingerprint density at radius 3 is 2.52 bits per heavy atom. The first-order chi connectivity index (χ1) is 14.1. The molecule has 1 amide bonds. The third-order valence-electron chi connectivity index (χ3n) is 3.68. The van der Waals surface area contributed by atoms with E-state index in [9.17, 15) is 9.18 Å². The van der Waals surface area contributed by atoms with Crippen LogP contribution >= 0.6 is 0 Å². The second kappa shape index (κ2) is 9.50. The van der Waals surface area contributed by atoms with Gasteiger partial charge in [0.05, 0.1) is 19.4 Å². The lowest BCUT2D eigenvalue weighted by Crippen LogP contribution is -2.14. The zero-order valence-corrected chi connectivity index (χ0v) is 16.0. The van der Waals surface area contributed by atoms with Gasteiger partial charge in [0, 0.05) is 5.56 Å². The maximum Gasteiger partial charge on any atom is 0.319 e. The topological polar surface area (TPSA) is 82.6 Å². The van der Waals surface area contributed by atoms with Gasteiger partial charge >= 0.3 is 6.01 Å². The van der Waals surface area contributed by atoms with E-state index in [2.05, 4.69) is 15.3 Å². The number of rotatable bonds is 8. The number of carbonyl (C=O) groups excluding carboxylic acids is 1. The van der Waals surface area contributed by atoms with Gasteiger partial charge in [0.25, 0.3) is 5.91 Å². The number of hydrogen-bond donors (Lipinski definition) is 1. The fourth-order valence-corrected chi connectivity index (χ4v) is 2.42. The summed E-state index contributed by atoms with van der Waals surface area (Å²) in [6.45, 7) is 4.41. The summed E-state index contributed by atoms with van der Waals surface area (Å²) < 4.78 is 29.4. The molecule has 0 aliphatic carbocycles. The molecular formula is C21H20FN3O4. The number of nitrogens with zero attached hydrogens (tertiary/aromatic N) is 2. The van der Waals surface area contributed by atoms with Crippen LogP contribution in [0.25, 0.3) is 0 Å². The van der Waals surface area contributed by atoms with Crippen molar-refractivity contribution in [3.63, 3.8) is 0 Å². The van der Waals surface area contributed by atoms with Crippen molar-refractivity contribution < 1.29 is 23.4 Å². The summed E-state index contributed by atoms with van der Waals surface area (Å²) in [4.78, 5) is 20.9. The number of amides is 1. The third kappa shape index (κ3) is 5.41. The van der Waals surface area contributed by atoms with Crippen LogP contribution in [0.3, 0.4) is 0 Å². The van der Waals surface area contributed by atoms with Crippen LogP contribution in [0.15, 0.2) is 54.7 Å². The van der Waals surface area contributed by atoms with Gasteiger partial charge in [0.2, 0.25) is 5.88 Å². The highest BCUT2D eigenvalue weighted by Crippen LogP contribution is 2.26.